The first kappa shape index (κ1) is 21.6. The summed E-state index contributed by atoms with van der Waals surface area (Å²) < 4.78 is 17.2. The highest BCUT2D eigenvalue weighted by molar-refractivity contribution is 6.44. The van der Waals surface area contributed by atoms with Crippen molar-refractivity contribution in [1.82, 2.24) is 0 Å². The number of fused-ring (bicyclic) bond motifs is 1. The number of halogens is 3. The first-order valence-electron chi connectivity index (χ1n) is 9.38. The van der Waals surface area contributed by atoms with Crippen molar-refractivity contribution in [2.24, 2.45) is 0 Å². The lowest BCUT2D eigenvalue weighted by molar-refractivity contribution is 0.306. The van der Waals surface area contributed by atoms with Crippen LogP contribution < -0.4 is 14.9 Å². The second kappa shape index (κ2) is 8.83. The van der Waals surface area contributed by atoms with Gasteiger partial charge in [-0.05, 0) is 61.4 Å². The molecule has 0 aliphatic heterocycles. The van der Waals surface area contributed by atoms with Crippen LogP contribution in [0.25, 0.3) is 11.0 Å². The van der Waals surface area contributed by atoms with Crippen molar-refractivity contribution in [2.75, 3.05) is 0 Å². The predicted molar refractivity (Wildman–Crippen MR) is 124 cm³/mol. The van der Waals surface area contributed by atoms with Gasteiger partial charge in [-0.25, -0.2) is 0 Å². The summed E-state index contributed by atoms with van der Waals surface area (Å²) in [6.45, 7) is 4.05. The third-order valence-electron chi connectivity index (χ3n) is 4.66. The minimum Gasteiger partial charge on any atom is -0.489 e. The Hall–Kier alpha value is -2.66. The number of ether oxygens (including phenoxy) is 2. The van der Waals surface area contributed by atoms with Gasteiger partial charge in [-0.15, -0.1) is 0 Å². The quantitative estimate of drug-likeness (QED) is 0.277. The summed E-state index contributed by atoms with van der Waals surface area (Å²) in [5.74, 6) is 1.19. The van der Waals surface area contributed by atoms with Gasteiger partial charge in [0.25, 0.3) is 0 Å². The van der Waals surface area contributed by atoms with Crippen LogP contribution in [0.1, 0.15) is 16.7 Å². The van der Waals surface area contributed by atoms with Gasteiger partial charge in [0, 0.05) is 16.7 Å². The molecular weight excluding hydrogens is 459 g/mol. The van der Waals surface area contributed by atoms with Gasteiger partial charge in [0.15, 0.2) is 0 Å². The molecule has 1 heterocycles. The monoisotopic (exact) mass is 474 g/mol. The van der Waals surface area contributed by atoms with E-state index < -0.39 is 0 Å². The lowest BCUT2D eigenvalue weighted by Gasteiger charge is -2.11. The van der Waals surface area contributed by atoms with E-state index in [4.69, 9.17) is 48.7 Å². The Kier molecular flexibility index (Phi) is 6.15. The number of rotatable bonds is 5. The molecular formula is C24H17Cl3O4. The molecule has 1 aromatic heterocycles. The molecule has 7 heteroatoms. The van der Waals surface area contributed by atoms with E-state index in [9.17, 15) is 4.79 Å². The van der Waals surface area contributed by atoms with E-state index in [2.05, 4.69) is 0 Å². The third-order valence-corrected chi connectivity index (χ3v) is 5.86. The minimum atomic E-state index is -0.270. The number of aryl methyl sites for hydroxylation is 2. The molecule has 0 aliphatic carbocycles. The molecule has 0 saturated carbocycles. The summed E-state index contributed by atoms with van der Waals surface area (Å²) in [6, 6.07) is 14.0. The van der Waals surface area contributed by atoms with Gasteiger partial charge in [0.05, 0.1) is 15.4 Å². The van der Waals surface area contributed by atoms with Gasteiger partial charge in [0.1, 0.15) is 30.0 Å². The van der Waals surface area contributed by atoms with Crippen molar-refractivity contribution in [3.8, 4) is 17.2 Å². The van der Waals surface area contributed by atoms with Crippen LogP contribution in [0.5, 0.6) is 17.2 Å². The van der Waals surface area contributed by atoms with E-state index >= 15 is 0 Å². The highest BCUT2D eigenvalue weighted by atomic mass is 35.5. The Bertz CT molecular complexity index is 1320. The first-order chi connectivity index (χ1) is 14.8. The molecule has 0 atom stereocenters. The lowest BCUT2D eigenvalue weighted by atomic mass is 10.1. The normalized spacial score (nSPS) is 11.0. The van der Waals surface area contributed by atoms with E-state index in [1.807, 2.05) is 32.0 Å². The fourth-order valence-corrected chi connectivity index (χ4v) is 3.88. The molecule has 0 aliphatic rings. The summed E-state index contributed by atoms with van der Waals surface area (Å²) in [5.41, 5.74) is 2.77. The van der Waals surface area contributed by atoms with Crippen LogP contribution in [-0.4, -0.2) is 0 Å². The molecule has 0 spiro atoms. The Labute approximate surface area is 193 Å². The molecule has 0 bridgehead atoms. The van der Waals surface area contributed by atoms with Crippen molar-refractivity contribution >= 4 is 45.8 Å². The molecule has 4 nitrogen and oxygen atoms in total. The Morgan fingerprint density at radius 1 is 0.871 bits per heavy atom. The molecule has 158 valence electrons. The van der Waals surface area contributed by atoms with E-state index in [1.165, 1.54) is 6.26 Å². The van der Waals surface area contributed by atoms with Crippen LogP contribution in [0.4, 0.5) is 0 Å². The zero-order valence-corrected chi connectivity index (χ0v) is 18.9. The number of hydrogen-bond acceptors (Lipinski definition) is 4. The van der Waals surface area contributed by atoms with Gasteiger partial charge >= 0.3 is 0 Å². The summed E-state index contributed by atoms with van der Waals surface area (Å²) >= 11 is 18.4. The van der Waals surface area contributed by atoms with Gasteiger partial charge in [-0.3, -0.25) is 4.79 Å². The van der Waals surface area contributed by atoms with Gasteiger partial charge in [-0.2, -0.15) is 0 Å². The van der Waals surface area contributed by atoms with E-state index in [0.29, 0.717) is 43.1 Å². The SMILES string of the molecule is Cc1cc(C)cc(Oc2coc3cc(OCc4c(Cl)ccc(Cl)c4Cl)ccc3c2=O)c1. The second-order valence-corrected chi connectivity index (χ2v) is 8.32. The minimum absolute atomic E-state index is 0.113. The maximum atomic E-state index is 12.8. The van der Waals surface area contributed by atoms with E-state index in [-0.39, 0.29) is 17.8 Å². The highest BCUT2D eigenvalue weighted by Crippen LogP contribution is 2.33. The van der Waals surface area contributed by atoms with Crippen LogP contribution in [-0.2, 0) is 6.61 Å². The van der Waals surface area contributed by atoms with Crippen LogP contribution >= 0.6 is 34.8 Å². The topological polar surface area (TPSA) is 48.7 Å². The van der Waals surface area contributed by atoms with Crippen LogP contribution in [0, 0.1) is 13.8 Å². The smallest absolute Gasteiger partial charge is 0.235 e. The van der Waals surface area contributed by atoms with Crippen molar-refractivity contribution < 1.29 is 13.9 Å². The number of hydrogen-bond donors (Lipinski definition) is 0. The molecule has 3 aromatic carbocycles. The maximum absolute atomic E-state index is 12.8. The summed E-state index contributed by atoms with van der Waals surface area (Å²) in [5, 5.41) is 1.57. The zero-order chi connectivity index (χ0) is 22.1. The van der Waals surface area contributed by atoms with Crippen LogP contribution in [0.3, 0.4) is 0 Å². The molecule has 0 radical (unpaired) electrons. The Balaban J connectivity index is 1.59. The first-order valence-corrected chi connectivity index (χ1v) is 10.5. The molecule has 0 saturated heterocycles. The van der Waals surface area contributed by atoms with Gasteiger partial charge in [-0.1, -0.05) is 40.9 Å². The summed E-state index contributed by atoms with van der Waals surface area (Å²) in [6.07, 6.45) is 1.30. The van der Waals surface area contributed by atoms with Crippen LogP contribution in [0.15, 0.2) is 64.0 Å². The molecule has 0 N–H and O–H groups in total. The average molecular weight is 476 g/mol. The van der Waals surface area contributed by atoms with Gasteiger partial charge < -0.3 is 13.9 Å². The largest absolute Gasteiger partial charge is 0.489 e. The molecule has 0 unspecified atom stereocenters. The Morgan fingerprint density at radius 3 is 2.32 bits per heavy atom. The zero-order valence-electron chi connectivity index (χ0n) is 16.7. The number of benzene rings is 3. The molecule has 4 aromatic rings. The fraction of sp³-hybridized carbons (Fsp3) is 0.125. The second-order valence-electron chi connectivity index (χ2n) is 7.12. The average Bonchev–Trinajstić information content (AvgIpc) is 2.72. The summed E-state index contributed by atoms with van der Waals surface area (Å²) in [4.78, 5) is 12.8. The van der Waals surface area contributed by atoms with E-state index in [1.54, 1.807) is 30.3 Å². The third kappa shape index (κ3) is 4.67. The van der Waals surface area contributed by atoms with Gasteiger partial charge in [0.2, 0.25) is 11.2 Å². The summed E-state index contributed by atoms with van der Waals surface area (Å²) in [7, 11) is 0. The molecule has 0 amide bonds. The highest BCUT2D eigenvalue weighted by Gasteiger charge is 2.13. The standard InChI is InChI=1S/C24H17Cl3O4/c1-13-7-14(2)9-16(8-13)31-22-12-30-21-10-15(3-4-17(21)24(22)28)29-11-18-19(25)5-6-20(26)23(18)27/h3-10,12H,11H2,1-2H3. The maximum Gasteiger partial charge on any atom is 0.235 e. The molecule has 4 rings (SSSR count). The predicted octanol–water partition coefficient (Wildman–Crippen LogP) is 7.74. The van der Waals surface area contributed by atoms with E-state index in [0.717, 1.165) is 11.1 Å². The van der Waals surface area contributed by atoms with Crippen molar-refractivity contribution in [1.29, 1.82) is 0 Å². The van der Waals surface area contributed by atoms with Crippen molar-refractivity contribution in [3.05, 3.63) is 96.8 Å². The fourth-order valence-electron chi connectivity index (χ4n) is 3.23. The lowest BCUT2D eigenvalue weighted by Crippen LogP contribution is -2.05. The molecule has 31 heavy (non-hydrogen) atoms. The van der Waals surface area contributed by atoms with Crippen molar-refractivity contribution in [2.45, 2.75) is 20.5 Å². The Morgan fingerprint density at radius 2 is 1.58 bits per heavy atom. The van der Waals surface area contributed by atoms with Crippen LogP contribution in [0.2, 0.25) is 15.1 Å². The molecule has 0 fully saturated rings. The van der Waals surface area contributed by atoms with Crippen molar-refractivity contribution in [3.63, 3.8) is 0 Å².